The van der Waals surface area contributed by atoms with Gasteiger partial charge in [0.25, 0.3) is 0 Å². The van der Waals surface area contributed by atoms with E-state index in [0.717, 1.165) is 5.56 Å². The van der Waals surface area contributed by atoms with Crippen molar-refractivity contribution in [1.82, 2.24) is 0 Å². The lowest BCUT2D eigenvalue weighted by atomic mass is 10.1. The van der Waals surface area contributed by atoms with Gasteiger partial charge in [0.1, 0.15) is 17.5 Å². The molecule has 0 spiro atoms. The molecule has 0 radical (unpaired) electrons. The fourth-order valence-corrected chi connectivity index (χ4v) is 1.37. The number of carbonyl (C=O) groups is 1. The van der Waals surface area contributed by atoms with Crippen molar-refractivity contribution >= 4 is 18.4 Å². The number of rotatable bonds is 5. The van der Waals surface area contributed by atoms with Gasteiger partial charge in [0.2, 0.25) is 0 Å². The normalized spacial score (nSPS) is 11.2. The molecule has 0 fully saturated rings. The molecule has 0 saturated carbocycles. The van der Waals surface area contributed by atoms with Crippen molar-refractivity contribution in [3.05, 3.63) is 23.8 Å². The van der Waals surface area contributed by atoms with E-state index in [1.54, 1.807) is 25.3 Å². The summed E-state index contributed by atoms with van der Waals surface area (Å²) in [5.41, 5.74) is 6.19. The molecule has 0 aliphatic carbocycles. The molecule has 0 bridgehead atoms. The zero-order chi connectivity index (χ0) is 12.1. The molecule has 3 N–H and O–H groups in total. The summed E-state index contributed by atoms with van der Waals surface area (Å²) >= 11 is 0. The molecular weight excluding hydrogens is 246 g/mol. The van der Waals surface area contributed by atoms with Crippen LogP contribution in [0.2, 0.25) is 0 Å². The summed E-state index contributed by atoms with van der Waals surface area (Å²) in [6.07, 6.45) is 0.204. The average Bonchev–Trinajstić information content (AvgIpc) is 2.28. The molecule has 0 aliphatic rings. The Balaban J connectivity index is 0.00000256. The van der Waals surface area contributed by atoms with Crippen LogP contribution in [0.3, 0.4) is 0 Å². The molecule has 1 rings (SSSR count). The summed E-state index contributed by atoms with van der Waals surface area (Å²) in [6, 6.07) is 4.25. The molecule has 1 unspecified atom stereocenters. The van der Waals surface area contributed by atoms with Crippen LogP contribution in [-0.4, -0.2) is 31.3 Å². The van der Waals surface area contributed by atoms with Gasteiger partial charge in [-0.05, 0) is 23.8 Å². The first kappa shape index (κ1) is 15.5. The smallest absolute Gasteiger partial charge is 0.320 e. The summed E-state index contributed by atoms with van der Waals surface area (Å²) < 4.78 is 10.2. The number of benzene rings is 1. The van der Waals surface area contributed by atoms with Crippen LogP contribution < -0.4 is 15.2 Å². The van der Waals surface area contributed by atoms with Crippen LogP contribution in [0.4, 0.5) is 0 Å². The number of halogens is 1. The minimum Gasteiger partial charge on any atom is -0.497 e. The number of ether oxygens (including phenoxy) is 2. The van der Waals surface area contributed by atoms with Gasteiger partial charge in [0.05, 0.1) is 14.2 Å². The van der Waals surface area contributed by atoms with E-state index in [2.05, 4.69) is 0 Å². The van der Waals surface area contributed by atoms with E-state index in [-0.39, 0.29) is 18.8 Å². The van der Waals surface area contributed by atoms with Crippen LogP contribution in [0, 0.1) is 0 Å². The Morgan fingerprint density at radius 3 is 2.53 bits per heavy atom. The Kier molecular flexibility index (Phi) is 6.38. The van der Waals surface area contributed by atoms with E-state index in [4.69, 9.17) is 20.3 Å². The van der Waals surface area contributed by atoms with Gasteiger partial charge in [0, 0.05) is 6.42 Å². The Labute approximate surface area is 106 Å². The lowest BCUT2D eigenvalue weighted by Crippen LogP contribution is -2.32. The number of carboxylic acid groups (broad SMARTS) is 1. The highest BCUT2D eigenvalue weighted by molar-refractivity contribution is 5.85. The summed E-state index contributed by atoms with van der Waals surface area (Å²) in [7, 11) is 3.07. The molecule has 1 aromatic rings. The number of nitrogens with two attached hydrogens (primary N) is 1. The third-order valence-electron chi connectivity index (χ3n) is 2.24. The molecule has 1 aromatic carbocycles. The Morgan fingerprint density at radius 1 is 1.41 bits per heavy atom. The maximum absolute atomic E-state index is 10.7. The van der Waals surface area contributed by atoms with E-state index >= 15 is 0 Å². The van der Waals surface area contributed by atoms with Gasteiger partial charge in [-0.2, -0.15) is 0 Å². The maximum atomic E-state index is 10.7. The Morgan fingerprint density at radius 2 is 2.06 bits per heavy atom. The van der Waals surface area contributed by atoms with Crippen molar-refractivity contribution in [2.75, 3.05) is 14.2 Å². The largest absolute Gasteiger partial charge is 0.497 e. The summed E-state index contributed by atoms with van der Waals surface area (Å²) in [4.78, 5) is 10.7. The number of hydrogen-bond acceptors (Lipinski definition) is 4. The Hall–Kier alpha value is -1.46. The molecule has 1 atom stereocenters. The van der Waals surface area contributed by atoms with Crippen molar-refractivity contribution in [2.24, 2.45) is 5.73 Å². The van der Waals surface area contributed by atoms with Gasteiger partial charge in [-0.25, -0.2) is 0 Å². The number of methoxy groups -OCH3 is 2. The van der Waals surface area contributed by atoms with E-state index < -0.39 is 12.0 Å². The van der Waals surface area contributed by atoms with Gasteiger partial charge < -0.3 is 20.3 Å². The highest BCUT2D eigenvalue weighted by Crippen LogP contribution is 2.24. The molecule has 0 aromatic heterocycles. The van der Waals surface area contributed by atoms with Crippen LogP contribution >= 0.6 is 12.4 Å². The van der Waals surface area contributed by atoms with Gasteiger partial charge >= 0.3 is 5.97 Å². The van der Waals surface area contributed by atoms with Crippen molar-refractivity contribution in [3.63, 3.8) is 0 Å². The topological polar surface area (TPSA) is 81.8 Å². The van der Waals surface area contributed by atoms with Crippen LogP contribution in [0.1, 0.15) is 5.56 Å². The molecule has 17 heavy (non-hydrogen) atoms. The molecule has 0 heterocycles. The number of carboxylic acids is 1. The second-order valence-corrected chi connectivity index (χ2v) is 3.33. The monoisotopic (exact) mass is 261 g/mol. The fraction of sp³-hybridized carbons (Fsp3) is 0.364. The average molecular weight is 262 g/mol. The Bertz CT molecular complexity index is 384. The van der Waals surface area contributed by atoms with Crippen LogP contribution in [0.25, 0.3) is 0 Å². The number of aliphatic carboxylic acids is 1. The van der Waals surface area contributed by atoms with E-state index in [1.165, 1.54) is 7.11 Å². The maximum Gasteiger partial charge on any atom is 0.320 e. The number of hydrogen-bond donors (Lipinski definition) is 2. The minimum absolute atomic E-state index is 0. The molecule has 0 saturated heterocycles. The standard InChI is InChI=1S/C11H15NO4.ClH/c1-15-8-3-4-10(16-2)7(5-8)6-9(12)11(13)14;/h3-5,9H,6,12H2,1-2H3,(H,13,14);1H. The lowest BCUT2D eigenvalue weighted by molar-refractivity contribution is -0.138. The first-order chi connectivity index (χ1) is 7.58. The summed E-state index contributed by atoms with van der Waals surface area (Å²) in [5, 5.41) is 8.74. The van der Waals surface area contributed by atoms with Crippen molar-refractivity contribution in [3.8, 4) is 11.5 Å². The van der Waals surface area contributed by atoms with Crippen LogP contribution in [0.5, 0.6) is 11.5 Å². The van der Waals surface area contributed by atoms with Gasteiger partial charge in [-0.1, -0.05) is 0 Å². The second kappa shape index (κ2) is 6.98. The van der Waals surface area contributed by atoms with Crippen molar-refractivity contribution in [2.45, 2.75) is 12.5 Å². The highest BCUT2D eigenvalue weighted by atomic mass is 35.5. The molecule has 5 nitrogen and oxygen atoms in total. The zero-order valence-corrected chi connectivity index (χ0v) is 10.5. The van der Waals surface area contributed by atoms with Crippen molar-refractivity contribution < 1.29 is 19.4 Å². The quantitative estimate of drug-likeness (QED) is 0.829. The molecule has 96 valence electrons. The third-order valence-corrected chi connectivity index (χ3v) is 2.24. The van der Waals surface area contributed by atoms with E-state index in [0.29, 0.717) is 11.5 Å². The summed E-state index contributed by atoms with van der Waals surface area (Å²) in [5.74, 6) is 0.218. The lowest BCUT2D eigenvalue weighted by Gasteiger charge is -2.12. The molecular formula is C11H16ClNO4. The highest BCUT2D eigenvalue weighted by Gasteiger charge is 2.15. The SMILES string of the molecule is COc1ccc(OC)c(CC(N)C(=O)O)c1.Cl. The van der Waals surface area contributed by atoms with Gasteiger partial charge in [-0.15, -0.1) is 12.4 Å². The predicted octanol–water partition coefficient (Wildman–Crippen LogP) is 1.08. The van der Waals surface area contributed by atoms with Crippen molar-refractivity contribution in [1.29, 1.82) is 0 Å². The van der Waals surface area contributed by atoms with E-state index in [1.807, 2.05) is 0 Å². The molecule has 0 aliphatic heterocycles. The van der Waals surface area contributed by atoms with E-state index in [9.17, 15) is 4.79 Å². The molecule has 6 heteroatoms. The van der Waals surface area contributed by atoms with Gasteiger partial charge in [0.15, 0.2) is 0 Å². The predicted molar refractivity (Wildman–Crippen MR) is 66.1 cm³/mol. The first-order valence-electron chi connectivity index (χ1n) is 4.77. The summed E-state index contributed by atoms with van der Waals surface area (Å²) in [6.45, 7) is 0. The first-order valence-corrected chi connectivity index (χ1v) is 4.77. The minimum atomic E-state index is -1.04. The zero-order valence-electron chi connectivity index (χ0n) is 9.67. The van der Waals surface area contributed by atoms with Gasteiger partial charge in [-0.3, -0.25) is 4.79 Å². The second-order valence-electron chi connectivity index (χ2n) is 3.33. The molecule has 0 amide bonds. The fourth-order valence-electron chi connectivity index (χ4n) is 1.37. The third kappa shape index (κ3) is 4.13. The van der Waals surface area contributed by atoms with Crippen LogP contribution in [0.15, 0.2) is 18.2 Å². The van der Waals surface area contributed by atoms with Crippen LogP contribution in [-0.2, 0) is 11.2 Å².